The molecular formula is C20H18FN5O. The van der Waals surface area contributed by atoms with E-state index >= 15 is 0 Å². The molecule has 4 rings (SSSR count). The maximum absolute atomic E-state index is 12.9. The van der Waals surface area contributed by atoms with Crippen molar-refractivity contribution >= 4 is 22.8 Å². The van der Waals surface area contributed by atoms with Crippen LogP contribution in [0.3, 0.4) is 0 Å². The number of hydrogen-bond donors (Lipinski definition) is 3. The first-order valence-electron chi connectivity index (χ1n) is 8.68. The fourth-order valence-corrected chi connectivity index (χ4v) is 3.01. The lowest BCUT2D eigenvalue weighted by molar-refractivity contribution is -0.115. The van der Waals surface area contributed by atoms with Crippen LogP contribution in [0.1, 0.15) is 17.0 Å². The molecule has 27 heavy (non-hydrogen) atoms. The molecule has 1 amide bonds. The van der Waals surface area contributed by atoms with E-state index in [1.54, 1.807) is 12.1 Å². The average molecular weight is 363 g/mol. The van der Waals surface area contributed by atoms with Gasteiger partial charge in [0.15, 0.2) is 0 Å². The number of halogens is 1. The number of nitrogens with zero attached hydrogens (tertiary/aromatic N) is 2. The summed E-state index contributed by atoms with van der Waals surface area (Å²) in [5, 5.41) is 10.8. The summed E-state index contributed by atoms with van der Waals surface area (Å²) in [6.07, 6.45) is 3.64. The minimum absolute atomic E-state index is 0.138. The molecule has 0 fully saturated rings. The summed E-state index contributed by atoms with van der Waals surface area (Å²) < 4.78 is 12.9. The predicted octanol–water partition coefficient (Wildman–Crippen LogP) is 3.39. The van der Waals surface area contributed by atoms with Crippen molar-refractivity contribution in [3.63, 3.8) is 0 Å². The number of anilines is 1. The van der Waals surface area contributed by atoms with Crippen LogP contribution in [0, 0.1) is 5.82 Å². The van der Waals surface area contributed by atoms with Crippen LogP contribution >= 0.6 is 0 Å². The van der Waals surface area contributed by atoms with E-state index in [0.29, 0.717) is 12.2 Å². The van der Waals surface area contributed by atoms with Crippen LogP contribution in [0.4, 0.5) is 10.3 Å². The first kappa shape index (κ1) is 17.0. The predicted molar refractivity (Wildman–Crippen MR) is 101 cm³/mol. The fourth-order valence-electron chi connectivity index (χ4n) is 3.01. The quantitative estimate of drug-likeness (QED) is 0.491. The van der Waals surface area contributed by atoms with Gasteiger partial charge in [-0.05, 0) is 35.7 Å². The van der Waals surface area contributed by atoms with Crippen molar-refractivity contribution in [1.29, 1.82) is 0 Å². The topological polar surface area (TPSA) is 86.5 Å². The third kappa shape index (κ3) is 4.03. The van der Waals surface area contributed by atoms with Gasteiger partial charge < -0.3 is 4.98 Å². The van der Waals surface area contributed by atoms with E-state index in [9.17, 15) is 9.18 Å². The maximum atomic E-state index is 12.9. The van der Waals surface area contributed by atoms with Crippen molar-refractivity contribution in [2.24, 2.45) is 0 Å². The zero-order valence-corrected chi connectivity index (χ0v) is 14.5. The van der Waals surface area contributed by atoms with Crippen LogP contribution in [-0.4, -0.2) is 26.1 Å². The van der Waals surface area contributed by atoms with Gasteiger partial charge in [0, 0.05) is 23.5 Å². The number of para-hydroxylation sites is 1. The highest BCUT2D eigenvalue weighted by atomic mass is 19.1. The molecule has 136 valence electrons. The van der Waals surface area contributed by atoms with E-state index in [4.69, 9.17) is 0 Å². The molecule has 0 aliphatic carbocycles. The lowest BCUT2D eigenvalue weighted by Gasteiger charge is -2.01. The number of aromatic amines is 2. The SMILES string of the molecule is O=C(Cc1ccc(F)cc1)Nc1n[nH]c(CCc2c[nH]c3ccccc23)n1. The summed E-state index contributed by atoms with van der Waals surface area (Å²) in [6, 6.07) is 14.0. The van der Waals surface area contributed by atoms with Gasteiger partial charge in [0.2, 0.25) is 11.9 Å². The molecule has 6 nitrogen and oxygen atoms in total. The molecule has 2 heterocycles. The third-order valence-electron chi connectivity index (χ3n) is 4.37. The van der Waals surface area contributed by atoms with E-state index in [0.717, 1.165) is 17.5 Å². The summed E-state index contributed by atoms with van der Waals surface area (Å²) in [5.41, 5.74) is 3.05. The Kier molecular flexibility index (Phi) is 4.65. The number of hydrogen-bond acceptors (Lipinski definition) is 3. The number of nitrogens with one attached hydrogen (secondary N) is 3. The summed E-state index contributed by atoms with van der Waals surface area (Å²) >= 11 is 0. The van der Waals surface area contributed by atoms with Crippen LogP contribution in [0.5, 0.6) is 0 Å². The third-order valence-corrected chi connectivity index (χ3v) is 4.37. The number of rotatable bonds is 6. The van der Waals surface area contributed by atoms with Crippen molar-refractivity contribution in [2.45, 2.75) is 19.3 Å². The molecule has 4 aromatic rings. The Hall–Kier alpha value is -3.48. The molecule has 0 spiro atoms. The van der Waals surface area contributed by atoms with E-state index in [1.165, 1.54) is 23.1 Å². The van der Waals surface area contributed by atoms with Gasteiger partial charge >= 0.3 is 0 Å². The van der Waals surface area contributed by atoms with Gasteiger partial charge in [-0.15, -0.1) is 5.10 Å². The van der Waals surface area contributed by atoms with Gasteiger partial charge in [0.05, 0.1) is 6.42 Å². The molecule has 0 saturated carbocycles. The van der Waals surface area contributed by atoms with Crippen molar-refractivity contribution in [1.82, 2.24) is 20.2 Å². The molecule has 0 radical (unpaired) electrons. The molecule has 0 aliphatic heterocycles. The molecule has 7 heteroatoms. The van der Waals surface area contributed by atoms with Gasteiger partial charge in [-0.25, -0.2) is 4.39 Å². The Morgan fingerprint density at radius 2 is 1.89 bits per heavy atom. The summed E-state index contributed by atoms with van der Waals surface area (Å²) in [6.45, 7) is 0. The van der Waals surface area contributed by atoms with Crippen molar-refractivity contribution < 1.29 is 9.18 Å². The normalized spacial score (nSPS) is 11.0. The minimum atomic E-state index is -0.326. The van der Waals surface area contributed by atoms with Gasteiger partial charge in [-0.1, -0.05) is 30.3 Å². The van der Waals surface area contributed by atoms with Crippen molar-refractivity contribution in [3.8, 4) is 0 Å². The number of aryl methyl sites for hydroxylation is 2. The summed E-state index contributed by atoms with van der Waals surface area (Å²) in [4.78, 5) is 19.6. The first-order valence-corrected chi connectivity index (χ1v) is 8.68. The smallest absolute Gasteiger partial charge is 0.248 e. The second-order valence-corrected chi connectivity index (χ2v) is 6.32. The van der Waals surface area contributed by atoms with Gasteiger partial charge in [-0.2, -0.15) is 4.98 Å². The number of carbonyl (C=O) groups is 1. The van der Waals surface area contributed by atoms with Crippen molar-refractivity contribution in [3.05, 3.63) is 77.5 Å². The lowest BCUT2D eigenvalue weighted by atomic mass is 10.1. The molecule has 0 bridgehead atoms. The van der Waals surface area contributed by atoms with E-state index < -0.39 is 0 Å². The standard InChI is InChI=1S/C20H18FN5O/c21-15-8-5-13(6-9-15)11-19(27)24-20-23-18(25-26-20)10-7-14-12-22-17-4-2-1-3-16(14)17/h1-6,8-9,12,22H,7,10-11H2,(H2,23,24,25,26,27). The molecule has 2 aromatic carbocycles. The lowest BCUT2D eigenvalue weighted by Crippen LogP contribution is -2.15. The Morgan fingerprint density at radius 1 is 1.07 bits per heavy atom. The number of benzene rings is 2. The Morgan fingerprint density at radius 3 is 2.74 bits per heavy atom. The molecule has 0 aliphatic rings. The Balaban J connectivity index is 1.34. The van der Waals surface area contributed by atoms with Gasteiger partial charge in [0.1, 0.15) is 11.6 Å². The van der Waals surface area contributed by atoms with E-state index in [1.807, 2.05) is 24.4 Å². The highest BCUT2D eigenvalue weighted by Gasteiger charge is 2.10. The molecule has 3 N–H and O–H groups in total. The zero-order chi connectivity index (χ0) is 18.6. The summed E-state index contributed by atoms with van der Waals surface area (Å²) in [5.74, 6) is 0.380. The van der Waals surface area contributed by atoms with Crippen LogP contribution in [-0.2, 0) is 24.1 Å². The van der Waals surface area contributed by atoms with E-state index in [-0.39, 0.29) is 24.1 Å². The van der Waals surface area contributed by atoms with Crippen molar-refractivity contribution in [2.75, 3.05) is 5.32 Å². The number of amides is 1. The van der Waals surface area contributed by atoms with Gasteiger partial charge in [0.25, 0.3) is 0 Å². The average Bonchev–Trinajstić information content (AvgIpc) is 3.28. The van der Waals surface area contributed by atoms with Crippen LogP contribution in [0.2, 0.25) is 0 Å². The fraction of sp³-hybridized carbons (Fsp3) is 0.150. The summed E-state index contributed by atoms with van der Waals surface area (Å²) in [7, 11) is 0. The Bertz CT molecular complexity index is 1070. The largest absolute Gasteiger partial charge is 0.361 e. The second kappa shape index (κ2) is 7.41. The molecule has 0 atom stereocenters. The highest BCUT2D eigenvalue weighted by Crippen LogP contribution is 2.19. The van der Waals surface area contributed by atoms with E-state index in [2.05, 4.69) is 31.5 Å². The molecular weight excluding hydrogens is 345 g/mol. The van der Waals surface area contributed by atoms with Crippen LogP contribution < -0.4 is 5.32 Å². The number of carbonyl (C=O) groups excluding carboxylic acids is 1. The molecule has 0 saturated heterocycles. The van der Waals surface area contributed by atoms with Gasteiger partial charge in [-0.3, -0.25) is 15.2 Å². The highest BCUT2D eigenvalue weighted by molar-refractivity contribution is 5.90. The Labute approximate surface area is 154 Å². The number of fused-ring (bicyclic) bond motifs is 1. The zero-order valence-electron chi connectivity index (χ0n) is 14.5. The maximum Gasteiger partial charge on any atom is 0.248 e. The second-order valence-electron chi connectivity index (χ2n) is 6.32. The first-order chi connectivity index (χ1) is 13.2. The number of H-pyrrole nitrogens is 2. The molecule has 2 aromatic heterocycles. The minimum Gasteiger partial charge on any atom is -0.361 e. The monoisotopic (exact) mass is 363 g/mol. The van der Waals surface area contributed by atoms with Crippen LogP contribution in [0.25, 0.3) is 10.9 Å². The van der Waals surface area contributed by atoms with Crippen LogP contribution in [0.15, 0.2) is 54.7 Å². The number of aromatic nitrogens is 4. The molecule has 0 unspecified atom stereocenters.